The molecule has 0 saturated carbocycles. The molecule has 36 heavy (non-hydrogen) atoms. The molecule has 1 aromatic carbocycles. The van der Waals surface area contributed by atoms with Gasteiger partial charge in [-0.2, -0.15) is 9.90 Å². The molecule has 2 aromatic heterocycles. The average molecular weight is 513 g/mol. The van der Waals surface area contributed by atoms with E-state index in [-0.39, 0.29) is 18.4 Å². The van der Waals surface area contributed by atoms with Gasteiger partial charge in [0, 0.05) is 44.5 Å². The number of likely N-dealkylation sites (tertiary alicyclic amines) is 1. The number of nitrogens with zero attached hydrogens (tertiary/aromatic N) is 8. The lowest BCUT2D eigenvalue weighted by Gasteiger charge is -2.37. The molecule has 0 bridgehead atoms. The fraction of sp³-hybridized carbons (Fsp3) is 0.417. The van der Waals surface area contributed by atoms with E-state index in [4.69, 9.17) is 11.6 Å². The van der Waals surface area contributed by atoms with Crippen LogP contribution in [-0.2, 0) is 17.9 Å². The van der Waals surface area contributed by atoms with Crippen molar-refractivity contribution in [3.63, 3.8) is 0 Å². The number of halogens is 1. The third kappa shape index (κ3) is 6.16. The maximum absolute atomic E-state index is 12.9. The molecule has 0 radical (unpaired) electrons. The van der Waals surface area contributed by atoms with Gasteiger partial charge in [0.05, 0.1) is 30.5 Å². The minimum absolute atomic E-state index is 0.134. The molecular weight excluding hydrogens is 484 g/mol. The van der Waals surface area contributed by atoms with Crippen molar-refractivity contribution in [3.05, 3.63) is 64.2 Å². The van der Waals surface area contributed by atoms with Crippen molar-refractivity contribution in [3.8, 4) is 0 Å². The maximum atomic E-state index is 12.9. The number of aliphatic hydroxyl groups is 1. The van der Waals surface area contributed by atoms with Crippen molar-refractivity contribution in [2.24, 2.45) is 0 Å². The fourth-order valence-corrected chi connectivity index (χ4v) is 4.30. The monoisotopic (exact) mass is 512 g/mol. The van der Waals surface area contributed by atoms with Crippen molar-refractivity contribution < 1.29 is 14.7 Å². The number of tetrazole rings is 1. The highest BCUT2D eigenvalue weighted by Crippen LogP contribution is 2.25. The Hall–Kier alpha value is -3.57. The predicted molar refractivity (Wildman–Crippen MR) is 133 cm³/mol. The second-order valence-corrected chi connectivity index (χ2v) is 9.66. The summed E-state index contributed by atoms with van der Waals surface area (Å²) in [6, 6.07) is 5.43. The van der Waals surface area contributed by atoms with Crippen molar-refractivity contribution in [2.45, 2.75) is 38.5 Å². The van der Waals surface area contributed by atoms with Crippen LogP contribution in [-0.4, -0.2) is 89.5 Å². The molecule has 1 N–H and O–H groups in total. The molecule has 0 unspecified atom stereocenters. The largest absolute Gasteiger partial charge is 0.388 e. The molecule has 1 aliphatic rings. The van der Waals surface area contributed by atoms with Crippen molar-refractivity contribution >= 4 is 29.5 Å². The van der Waals surface area contributed by atoms with E-state index < -0.39 is 5.60 Å². The summed E-state index contributed by atoms with van der Waals surface area (Å²) in [5.74, 6) is 0.298. The molecule has 2 amide bonds. The molecule has 1 saturated heterocycles. The molecule has 4 rings (SSSR count). The van der Waals surface area contributed by atoms with E-state index in [0.29, 0.717) is 48.9 Å². The minimum Gasteiger partial charge on any atom is -0.388 e. The van der Waals surface area contributed by atoms with Crippen molar-refractivity contribution in [1.29, 1.82) is 0 Å². The van der Waals surface area contributed by atoms with Gasteiger partial charge in [-0.05, 0) is 54.3 Å². The van der Waals surface area contributed by atoms with Crippen LogP contribution in [0.3, 0.4) is 0 Å². The third-order valence-electron chi connectivity index (χ3n) is 6.12. The molecule has 0 atom stereocenters. The van der Waals surface area contributed by atoms with Crippen LogP contribution in [0.4, 0.5) is 0 Å². The van der Waals surface area contributed by atoms with Crippen LogP contribution >= 0.6 is 11.6 Å². The Morgan fingerprint density at radius 3 is 2.67 bits per heavy atom. The first-order chi connectivity index (χ1) is 17.1. The Morgan fingerprint density at radius 1 is 1.25 bits per heavy atom. The second kappa shape index (κ2) is 10.6. The number of carbonyl (C=O) groups excluding carboxylic acids is 2. The molecule has 12 heteroatoms. The summed E-state index contributed by atoms with van der Waals surface area (Å²) >= 11 is 6.17. The van der Waals surface area contributed by atoms with Crippen LogP contribution in [0.5, 0.6) is 0 Å². The van der Waals surface area contributed by atoms with E-state index >= 15 is 0 Å². The number of carbonyl (C=O) groups is 2. The van der Waals surface area contributed by atoms with Gasteiger partial charge in [0.15, 0.2) is 5.82 Å². The predicted octanol–water partition coefficient (Wildman–Crippen LogP) is 1.65. The fourth-order valence-electron chi connectivity index (χ4n) is 4.10. The first-order valence-corrected chi connectivity index (χ1v) is 12.0. The van der Waals surface area contributed by atoms with Crippen LogP contribution in [0.15, 0.2) is 36.7 Å². The van der Waals surface area contributed by atoms with Gasteiger partial charge < -0.3 is 14.9 Å². The van der Waals surface area contributed by atoms with Gasteiger partial charge in [-0.1, -0.05) is 17.7 Å². The number of aryl methyl sites for hydroxylation is 1. The molecule has 3 heterocycles. The van der Waals surface area contributed by atoms with Gasteiger partial charge in [0.2, 0.25) is 5.91 Å². The van der Waals surface area contributed by atoms with Crippen LogP contribution in [0, 0.1) is 6.92 Å². The lowest BCUT2D eigenvalue weighted by Crippen LogP contribution is -2.48. The smallest absolute Gasteiger partial charge is 0.256 e. The highest BCUT2D eigenvalue weighted by atomic mass is 35.5. The first kappa shape index (κ1) is 25.5. The van der Waals surface area contributed by atoms with Gasteiger partial charge in [-0.25, -0.2) is 0 Å². The number of rotatable bonds is 7. The summed E-state index contributed by atoms with van der Waals surface area (Å²) in [5, 5.41) is 27.9. The highest BCUT2D eigenvalue weighted by Gasteiger charge is 2.34. The Bertz CT molecular complexity index is 1270. The molecule has 1 aliphatic heterocycles. The zero-order valence-electron chi connectivity index (χ0n) is 20.5. The summed E-state index contributed by atoms with van der Waals surface area (Å²) in [6.45, 7) is 3.23. The van der Waals surface area contributed by atoms with Crippen LogP contribution < -0.4 is 0 Å². The molecule has 3 aromatic rings. The summed E-state index contributed by atoms with van der Waals surface area (Å²) < 4.78 is 1.58. The second-order valence-electron chi connectivity index (χ2n) is 9.22. The number of hydrogen-bond acceptors (Lipinski definition) is 7. The number of benzene rings is 1. The van der Waals surface area contributed by atoms with E-state index in [9.17, 15) is 14.7 Å². The lowest BCUT2D eigenvalue weighted by molar-refractivity contribution is -0.130. The molecular formula is C24H29ClN8O3. The summed E-state index contributed by atoms with van der Waals surface area (Å²) in [7, 11) is 3.36. The molecule has 0 spiro atoms. The van der Waals surface area contributed by atoms with E-state index in [2.05, 4.69) is 20.5 Å². The normalized spacial score (nSPS) is 15.4. The Balaban J connectivity index is 1.36. The number of hydrogen-bond donors (Lipinski definition) is 1. The number of piperidine rings is 1. The Morgan fingerprint density at radius 2 is 2.00 bits per heavy atom. The van der Waals surface area contributed by atoms with Crippen molar-refractivity contribution in [1.82, 2.24) is 39.8 Å². The molecule has 11 nitrogen and oxygen atoms in total. The average Bonchev–Trinajstić information content (AvgIpc) is 3.46. The maximum Gasteiger partial charge on any atom is 0.256 e. The van der Waals surface area contributed by atoms with E-state index in [1.807, 2.05) is 12.1 Å². The number of amides is 2. The lowest BCUT2D eigenvalue weighted by atomic mass is 9.91. The number of aromatic nitrogens is 6. The zero-order chi connectivity index (χ0) is 25.9. The van der Waals surface area contributed by atoms with E-state index in [1.54, 1.807) is 48.9 Å². The summed E-state index contributed by atoms with van der Waals surface area (Å²) in [6.07, 6.45) is 7.25. The SMILES string of the molecule is Cc1nnn(Cc2cc(Cl)ccc2C=CC(=O)N2CCC(O)(Cn3cc(C(=O)N(C)C)cn3)CC2)n1. The first-order valence-electron chi connectivity index (χ1n) is 11.6. The van der Waals surface area contributed by atoms with Crippen LogP contribution in [0.25, 0.3) is 6.08 Å². The van der Waals surface area contributed by atoms with Gasteiger partial charge in [0.1, 0.15) is 0 Å². The van der Waals surface area contributed by atoms with Crippen LogP contribution in [0.1, 0.15) is 40.2 Å². The van der Waals surface area contributed by atoms with Gasteiger partial charge >= 0.3 is 0 Å². The van der Waals surface area contributed by atoms with Crippen LogP contribution in [0.2, 0.25) is 5.02 Å². The molecule has 190 valence electrons. The topological polar surface area (TPSA) is 122 Å². The van der Waals surface area contributed by atoms with Crippen molar-refractivity contribution in [2.75, 3.05) is 27.2 Å². The third-order valence-corrected chi connectivity index (χ3v) is 6.36. The summed E-state index contributed by atoms with van der Waals surface area (Å²) in [5.41, 5.74) is 1.16. The molecule has 0 aliphatic carbocycles. The Labute approximate surface area is 213 Å². The standard InChI is InChI=1S/C24H29ClN8O3/c1-17-27-29-33(28-17)15-19-12-21(25)6-4-18(19)5-7-22(34)31-10-8-24(36,9-11-31)16-32-14-20(13-26-32)23(35)30(2)3/h4-7,12-14,36H,8-11,15-16H2,1-3H3. The van der Waals surface area contributed by atoms with E-state index in [0.717, 1.165) is 11.1 Å². The van der Waals surface area contributed by atoms with E-state index in [1.165, 1.54) is 22.0 Å². The molecule has 1 fully saturated rings. The summed E-state index contributed by atoms with van der Waals surface area (Å²) in [4.78, 5) is 29.6. The quantitative estimate of drug-likeness (QED) is 0.477. The van der Waals surface area contributed by atoms with Gasteiger partial charge in [-0.15, -0.1) is 10.2 Å². The zero-order valence-corrected chi connectivity index (χ0v) is 21.3. The van der Waals surface area contributed by atoms with Gasteiger partial charge in [0.25, 0.3) is 5.91 Å². The van der Waals surface area contributed by atoms with Gasteiger partial charge in [-0.3, -0.25) is 14.3 Å². The Kier molecular flexibility index (Phi) is 7.51. The highest BCUT2D eigenvalue weighted by molar-refractivity contribution is 6.30. The minimum atomic E-state index is -1.00.